The van der Waals surface area contributed by atoms with Crippen molar-refractivity contribution in [3.63, 3.8) is 0 Å². The fourth-order valence-corrected chi connectivity index (χ4v) is 1.94. The standard InChI is InChI=1S/C18H13N3O4/c22-17(14-6-8-19-9-7-14)21-20-12-13-3-1-4-15(11-13)25-18(23)16-5-2-10-24-16/h1-12H,(H,21,22). The van der Waals surface area contributed by atoms with E-state index in [1.165, 1.54) is 30.9 Å². The summed E-state index contributed by atoms with van der Waals surface area (Å²) in [6, 6.07) is 13.0. The Labute approximate surface area is 143 Å². The second-order valence-electron chi connectivity index (χ2n) is 4.87. The Bertz CT molecular complexity index is 890. The summed E-state index contributed by atoms with van der Waals surface area (Å²) in [7, 11) is 0. The number of carbonyl (C=O) groups excluding carboxylic acids is 2. The number of rotatable bonds is 5. The average molecular weight is 335 g/mol. The van der Waals surface area contributed by atoms with Crippen LogP contribution in [0.1, 0.15) is 26.5 Å². The Morgan fingerprint density at radius 1 is 1.12 bits per heavy atom. The zero-order chi connectivity index (χ0) is 17.5. The second kappa shape index (κ2) is 7.69. The van der Waals surface area contributed by atoms with Crippen molar-refractivity contribution in [2.24, 2.45) is 5.10 Å². The molecule has 0 spiro atoms. The van der Waals surface area contributed by atoms with E-state index < -0.39 is 5.97 Å². The van der Waals surface area contributed by atoms with E-state index in [4.69, 9.17) is 9.15 Å². The van der Waals surface area contributed by atoms with Gasteiger partial charge in [-0.1, -0.05) is 12.1 Å². The molecule has 0 aliphatic rings. The molecular weight excluding hydrogens is 322 g/mol. The molecule has 3 rings (SSSR count). The molecule has 0 saturated carbocycles. The largest absolute Gasteiger partial charge is 0.457 e. The van der Waals surface area contributed by atoms with Crippen molar-refractivity contribution in [3.8, 4) is 5.75 Å². The van der Waals surface area contributed by atoms with Gasteiger partial charge in [0.15, 0.2) is 0 Å². The summed E-state index contributed by atoms with van der Waals surface area (Å²) in [6.07, 6.45) is 5.89. The highest BCUT2D eigenvalue weighted by atomic mass is 16.5. The highest BCUT2D eigenvalue weighted by Gasteiger charge is 2.11. The molecule has 3 aromatic rings. The molecule has 0 aliphatic carbocycles. The van der Waals surface area contributed by atoms with Crippen LogP contribution in [0, 0.1) is 0 Å². The molecule has 0 radical (unpaired) electrons. The van der Waals surface area contributed by atoms with Crippen LogP contribution >= 0.6 is 0 Å². The molecule has 0 aliphatic heterocycles. The second-order valence-corrected chi connectivity index (χ2v) is 4.87. The van der Waals surface area contributed by atoms with Gasteiger partial charge < -0.3 is 9.15 Å². The highest BCUT2D eigenvalue weighted by molar-refractivity contribution is 5.94. The molecule has 0 unspecified atom stereocenters. The molecule has 0 saturated heterocycles. The lowest BCUT2D eigenvalue weighted by Crippen LogP contribution is -2.17. The maximum atomic E-state index is 11.8. The van der Waals surface area contributed by atoms with Gasteiger partial charge in [0, 0.05) is 18.0 Å². The van der Waals surface area contributed by atoms with Crippen LogP contribution in [-0.4, -0.2) is 23.1 Å². The summed E-state index contributed by atoms with van der Waals surface area (Å²) >= 11 is 0. The van der Waals surface area contributed by atoms with Crippen molar-refractivity contribution in [2.45, 2.75) is 0 Å². The van der Waals surface area contributed by atoms with Crippen molar-refractivity contribution < 1.29 is 18.7 Å². The Morgan fingerprint density at radius 3 is 2.72 bits per heavy atom. The third-order valence-corrected chi connectivity index (χ3v) is 3.11. The van der Waals surface area contributed by atoms with Crippen LogP contribution in [-0.2, 0) is 0 Å². The highest BCUT2D eigenvalue weighted by Crippen LogP contribution is 2.14. The minimum atomic E-state index is -0.593. The van der Waals surface area contributed by atoms with Crippen LogP contribution in [0.15, 0.2) is 76.7 Å². The molecule has 0 bridgehead atoms. The minimum absolute atomic E-state index is 0.115. The number of pyridine rings is 1. The Morgan fingerprint density at radius 2 is 1.96 bits per heavy atom. The first-order chi connectivity index (χ1) is 12.2. The number of ether oxygens (including phenoxy) is 1. The van der Waals surface area contributed by atoms with E-state index in [1.807, 2.05) is 0 Å². The summed E-state index contributed by atoms with van der Waals surface area (Å²) in [4.78, 5) is 27.5. The van der Waals surface area contributed by atoms with Gasteiger partial charge in [-0.15, -0.1) is 0 Å². The number of hydrogen-bond donors (Lipinski definition) is 1. The fraction of sp³-hybridized carbons (Fsp3) is 0. The summed E-state index contributed by atoms with van der Waals surface area (Å²) in [5.74, 6) is -0.487. The smallest absolute Gasteiger partial charge is 0.379 e. The summed E-state index contributed by atoms with van der Waals surface area (Å²) < 4.78 is 10.2. The van der Waals surface area contributed by atoms with E-state index >= 15 is 0 Å². The van der Waals surface area contributed by atoms with Gasteiger partial charge in [-0.3, -0.25) is 9.78 Å². The van der Waals surface area contributed by atoms with Crippen molar-refractivity contribution >= 4 is 18.1 Å². The summed E-state index contributed by atoms with van der Waals surface area (Å²) in [6.45, 7) is 0. The lowest BCUT2D eigenvalue weighted by atomic mass is 10.2. The van der Waals surface area contributed by atoms with Gasteiger partial charge in [-0.25, -0.2) is 10.2 Å². The van der Waals surface area contributed by atoms with Crippen molar-refractivity contribution in [1.29, 1.82) is 0 Å². The van der Waals surface area contributed by atoms with Gasteiger partial charge in [-0.2, -0.15) is 5.10 Å². The molecule has 1 aromatic carbocycles. The molecule has 0 fully saturated rings. The van der Waals surface area contributed by atoms with Gasteiger partial charge in [0.05, 0.1) is 12.5 Å². The molecule has 0 atom stereocenters. The van der Waals surface area contributed by atoms with Crippen LogP contribution in [0.4, 0.5) is 0 Å². The van der Waals surface area contributed by atoms with E-state index in [2.05, 4.69) is 15.5 Å². The van der Waals surface area contributed by atoms with Crippen LogP contribution < -0.4 is 10.2 Å². The average Bonchev–Trinajstić information content (AvgIpc) is 3.17. The third-order valence-electron chi connectivity index (χ3n) is 3.11. The summed E-state index contributed by atoms with van der Waals surface area (Å²) in [5, 5.41) is 3.88. The van der Waals surface area contributed by atoms with Gasteiger partial charge in [0.1, 0.15) is 5.75 Å². The Balaban J connectivity index is 1.61. The van der Waals surface area contributed by atoms with E-state index in [-0.39, 0.29) is 11.7 Å². The maximum absolute atomic E-state index is 11.8. The van der Waals surface area contributed by atoms with Crippen LogP contribution in [0.3, 0.4) is 0 Å². The number of furan rings is 1. The molecule has 7 nitrogen and oxygen atoms in total. The molecule has 1 N–H and O–H groups in total. The lowest BCUT2D eigenvalue weighted by Gasteiger charge is -2.03. The van der Waals surface area contributed by atoms with E-state index in [9.17, 15) is 9.59 Å². The minimum Gasteiger partial charge on any atom is -0.457 e. The zero-order valence-electron chi connectivity index (χ0n) is 13.0. The predicted molar refractivity (Wildman–Crippen MR) is 89.4 cm³/mol. The van der Waals surface area contributed by atoms with Crippen LogP contribution in [0.5, 0.6) is 5.75 Å². The quantitative estimate of drug-likeness (QED) is 0.335. The monoisotopic (exact) mass is 335 g/mol. The first-order valence-corrected chi connectivity index (χ1v) is 7.31. The van der Waals surface area contributed by atoms with Crippen molar-refractivity contribution in [1.82, 2.24) is 10.4 Å². The normalized spacial score (nSPS) is 10.6. The number of nitrogens with one attached hydrogen (secondary N) is 1. The molecule has 1 amide bonds. The topological polar surface area (TPSA) is 93.8 Å². The predicted octanol–water partition coefficient (Wildman–Crippen LogP) is 2.66. The number of esters is 1. The SMILES string of the molecule is O=C(NN=Cc1cccc(OC(=O)c2ccco2)c1)c1ccncc1. The molecule has 2 heterocycles. The van der Waals surface area contributed by atoms with Crippen molar-refractivity contribution in [2.75, 3.05) is 0 Å². The molecule has 7 heteroatoms. The molecular formula is C18H13N3O4. The molecule has 124 valence electrons. The van der Waals surface area contributed by atoms with E-state index in [0.29, 0.717) is 16.9 Å². The van der Waals surface area contributed by atoms with Gasteiger partial charge in [0.25, 0.3) is 5.91 Å². The van der Waals surface area contributed by atoms with Crippen molar-refractivity contribution in [3.05, 3.63) is 84.1 Å². The summed E-state index contributed by atoms with van der Waals surface area (Å²) in [5.41, 5.74) is 3.51. The number of hydrogen-bond acceptors (Lipinski definition) is 6. The lowest BCUT2D eigenvalue weighted by molar-refractivity contribution is 0.0701. The van der Waals surface area contributed by atoms with Crippen LogP contribution in [0.25, 0.3) is 0 Å². The van der Waals surface area contributed by atoms with Crippen LogP contribution in [0.2, 0.25) is 0 Å². The maximum Gasteiger partial charge on any atom is 0.379 e. The van der Waals surface area contributed by atoms with E-state index in [0.717, 1.165) is 0 Å². The number of amides is 1. The van der Waals surface area contributed by atoms with Gasteiger partial charge in [0.2, 0.25) is 5.76 Å². The number of nitrogens with zero attached hydrogens (tertiary/aromatic N) is 2. The third kappa shape index (κ3) is 4.38. The van der Waals surface area contributed by atoms with Gasteiger partial charge in [-0.05, 0) is 42.0 Å². The van der Waals surface area contributed by atoms with E-state index in [1.54, 1.807) is 42.5 Å². The van der Waals surface area contributed by atoms with Gasteiger partial charge >= 0.3 is 5.97 Å². The molecule has 2 aromatic heterocycles. The Kier molecular flexibility index (Phi) is 4.96. The number of benzene rings is 1. The number of carbonyl (C=O) groups is 2. The number of hydrazone groups is 1. The molecule has 25 heavy (non-hydrogen) atoms. The number of aromatic nitrogens is 1. The zero-order valence-corrected chi connectivity index (χ0v) is 13.0. The fourth-order valence-electron chi connectivity index (χ4n) is 1.94. The Hall–Kier alpha value is -3.74. The first kappa shape index (κ1) is 16.1. The first-order valence-electron chi connectivity index (χ1n) is 7.31.